The first-order chi connectivity index (χ1) is 8.09. The summed E-state index contributed by atoms with van der Waals surface area (Å²) in [5.41, 5.74) is 6.49. The number of unbranched alkanes of at least 4 members (excludes halogenated alkanes) is 3. The monoisotopic (exact) mass is 242 g/mol. The van der Waals surface area contributed by atoms with Crippen LogP contribution in [0.15, 0.2) is 0 Å². The molecule has 17 heavy (non-hydrogen) atoms. The normalized spacial score (nSPS) is 20.5. The van der Waals surface area contributed by atoms with Crippen LogP contribution in [-0.4, -0.2) is 42.8 Å². The lowest BCUT2D eigenvalue weighted by atomic mass is 9.88. The quantitative estimate of drug-likeness (QED) is 0.697. The molecule has 0 aromatic heterocycles. The fraction of sp³-hybridized carbons (Fsp3) is 1.00. The highest BCUT2D eigenvalue weighted by molar-refractivity contribution is 4.92. The van der Waals surface area contributed by atoms with E-state index >= 15 is 0 Å². The molecular weight excluding hydrogens is 212 g/mol. The third-order valence-electron chi connectivity index (χ3n) is 4.10. The molecule has 0 amide bonds. The van der Waals surface area contributed by atoms with Gasteiger partial charge >= 0.3 is 0 Å². The molecule has 0 radical (unpaired) electrons. The van der Waals surface area contributed by atoms with Crippen molar-refractivity contribution in [2.75, 3.05) is 26.3 Å². The maximum absolute atomic E-state index is 6.38. The molecule has 0 aromatic rings. The van der Waals surface area contributed by atoms with Gasteiger partial charge in [-0.05, 0) is 20.3 Å². The van der Waals surface area contributed by atoms with Crippen molar-refractivity contribution < 1.29 is 4.74 Å². The van der Waals surface area contributed by atoms with Crippen LogP contribution in [0.1, 0.15) is 52.9 Å². The number of nitrogens with zero attached hydrogens (tertiary/aromatic N) is 1. The van der Waals surface area contributed by atoms with Crippen molar-refractivity contribution in [3.05, 3.63) is 0 Å². The van der Waals surface area contributed by atoms with Crippen molar-refractivity contribution in [2.24, 2.45) is 5.73 Å². The van der Waals surface area contributed by atoms with Crippen LogP contribution in [0.4, 0.5) is 0 Å². The van der Waals surface area contributed by atoms with E-state index in [-0.39, 0.29) is 11.6 Å². The summed E-state index contributed by atoms with van der Waals surface area (Å²) in [5, 5.41) is 0. The van der Waals surface area contributed by atoms with Crippen LogP contribution < -0.4 is 5.73 Å². The molecule has 1 saturated heterocycles. The molecule has 0 spiro atoms. The maximum atomic E-state index is 6.38. The summed E-state index contributed by atoms with van der Waals surface area (Å²) in [7, 11) is 0. The summed E-state index contributed by atoms with van der Waals surface area (Å²) >= 11 is 0. The zero-order valence-corrected chi connectivity index (χ0v) is 11.9. The van der Waals surface area contributed by atoms with Crippen molar-refractivity contribution in [3.63, 3.8) is 0 Å². The number of nitrogens with two attached hydrogens (primary N) is 1. The van der Waals surface area contributed by atoms with Crippen molar-refractivity contribution >= 4 is 0 Å². The second-order valence-corrected chi connectivity index (χ2v) is 5.71. The van der Waals surface area contributed by atoms with Gasteiger partial charge in [0.25, 0.3) is 0 Å². The fourth-order valence-electron chi connectivity index (χ4n) is 2.52. The third-order valence-corrected chi connectivity index (χ3v) is 4.10. The van der Waals surface area contributed by atoms with Crippen molar-refractivity contribution in [3.8, 4) is 0 Å². The van der Waals surface area contributed by atoms with E-state index in [9.17, 15) is 0 Å². The van der Waals surface area contributed by atoms with Gasteiger partial charge in [0, 0.05) is 24.7 Å². The van der Waals surface area contributed by atoms with Gasteiger partial charge in [-0.2, -0.15) is 0 Å². The van der Waals surface area contributed by atoms with E-state index in [1.165, 1.54) is 25.7 Å². The largest absolute Gasteiger partial charge is 0.379 e. The van der Waals surface area contributed by atoms with Gasteiger partial charge in [-0.15, -0.1) is 0 Å². The number of hydrogen-bond acceptors (Lipinski definition) is 3. The van der Waals surface area contributed by atoms with Gasteiger partial charge in [0.15, 0.2) is 0 Å². The zero-order chi connectivity index (χ0) is 12.7. The Bertz CT molecular complexity index is 200. The van der Waals surface area contributed by atoms with Crippen LogP contribution in [0.5, 0.6) is 0 Å². The number of ether oxygens (including phenoxy) is 1. The molecule has 1 rings (SSSR count). The SMILES string of the molecule is CCCCCCC(N)C(C)(C)N1CCOCC1. The van der Waals surface area contributed by atoms with Gasteiger partial charge in [-0.1, -0.05) is 32.6 Å². The molecule has 0 bridgehead atoms. The summed E-state index contributed by atoms with van der Waals surface area (Å²) in [6.45, 7) is 10.6. The molecule has 1 atom stereocenters. The van der Waals surface area contributed by atoms with Crippen LogP contribution in [0.2, 0.25) is 0 Å². The summed E-state index contributed by atoms with van der Waals surface area (Å²) in [6, 6.07) is 0.275. The predicted octanol–water partition coefficient (Wildman–Crippen LogP) is 2.39. The lowest BCUT2D eigenvalue weighted by Crippen LogP contribution is -2.59. The molecule has 2 N–H and O–H groups in total. The van der Waals surface area contributed by atoms with Crippen LogP contribution in [0, 0.1) is 0 Å². The zero-order valence-electron chi connectivity index (χ0n) is 11.9. The molecule has 1 heterocycles. The van der Waals surface area contributed by atoms with E-state index in [2.05, 4.69) is 25.7 Å². The topological polar surface area (TPSA) is 38.5 Å². The van der Waals surface area contributed by atoms with E-state index in [1.807, 2.05) is 0 Å². The van der Waals surface area contributed by atoms with E-state index in [0.717, 1.165) is 32.7 Å². The Morgan fingerprint density at radius 1 is 1.18 bits per heavy atom. The number of hydrogen-bond donors (Lipinski definition) is 1. The third kappa shape index (κ3) is 4.57. The standard InChI is InChI=1S/C14H30N2O/c1-4-5-6-7-8-13(15)14(2,3)16-9-11-17-12-10-16/h13H,4-12,15H2,1-3H3. The molecule has 1 fully saturated rings. The molecule has 3 heteroatoms. The lowest BCUT2D eigenvalue weighted by molar-refractivity contribution is -0.0197. The number of morpholine rings is 1. The Morgan fingerprint density at radius 2 is 1.82 bits per heavy atom. The van der Waals surface area contributed by atoms with Crippen molar-refractivity contribution in [1.82, 2.24) is 4.90 Å². The first-order valence-electron chi connectivity index (χ1n) is 7.17. The average molecular weight is 242 g/mol. The lowest BCUT2D eigenvalue weighted by Gasteiger charge is -2.44. The van der Waals surface area contributed by atoms with Gasteiger partial charge in [0.05, 0.1) is 13.2 Å². The molecule has 0 aliphatic carbocycles. The Labute approximate surface area is 107 Å². The van der Waals surface area contributed by atoms with Crippen molar-refractivity contribution in [2.45, 2.75) is 64.5 Å². The Hall–Kier alpha value is -0.120. The van der Waals surface area contributed by atoms with Gasteiger partial charge in [0.2, 0.25) is 0 Å². The van der Waals surface area contributed by atoms with Crippen LogP contribution >= 0.6 is 0 Å². The van der Waals surface area contributed by atoms with Crippen LogP contribution in [0.3, 0.4) is 0 Å². The Morgan fingerprint density at radius 3 is 2.41 bits per heavy atom. The first-order valence-corrected chi connectivity index (χ1v) is 7.17. The van der Waals surface area contributed by atoms with Crippen LogP contribution in [0.25, 0.3) is 0 Å². The minimum absolute atomic E-state index is 0.107. The average Bonchev–Trinajstić information content (AvgIpc) is 2.35. The smallest absolute Gasteiger partial charge is 0.0594 e. The Balaban J connectivity index is 2.33. The van der Waals surface area contributed by atoms with Gasteiger partial charge < -0.3 is 10.5 Å². The molecule has 0 saturated carbocycles. The predicted molar refractivity (Wildman–Crippen MR) is 73.2 cm³/mol. The summed E-state index contributed by atoms with van der Waals surface area (Å²) in [6.07, 6.45) is 6.36. The van der Waals surface area contributed by atoms with E-state index in [4.69, 9.17) is 10.5 Å². The maximum Gasteiger partial charge on any atom is 0.0594 e. The summed E-state index contributed by atoms with van der Waals surface area (Å²) in [5.74, 6) is 0. The van der Waals surface area contributed by atoms with Crippen molar-refractivity contribution in [1.29, 1.82) is 0 Å². The van der Waals surface area contributed by atoms with Crippen LogP contribution in [-0.2, 0) is 4.74 Å². The van der Waals surface area contributed by atoms with E-state index in [1.54, 1.807) is 0 Å². The first kappa shape index (κ1) is 14.9. The summed E-state index contributed by atoms with van der Waals surface area (Å²) < 4.78 is 5.41. The van der Waals surface area contributed by atoms with Gasteiger partial charge in [0.1, 0.15) is 0 Å². The van der Waals surface area contributed by atoms with E-state index in [0.29, 0.717) is 0 Å². The molecule has 1 unspecified atom stereocenters. The molecule has 1 aliphatic heterocycles. The minimum atomic E-state index is 0.107. The molecule has 0 aromatic carbocycles. The highest BCUT2D eigenvalue weighted by atomic mass is 16.5. The highest BCUT2D eigenvalue weighted by Crippen LogP contribution is 2.22. The minimum Gasteiger partial charge on any atom is -0.379 e. The summed E-state index contributed by atoms with van der Waals surface area (Å²) in [4.78, 5) is 2.49. The van der Waals surface area contributed by atoms with E-state index < -0.39 is 0 Å². The van der Waals surface area contributed by atoms with Gasteiger partial charge in [-0.25, -0.2) is 0 Å². The number of rotatable bonds is 7. The van der Waals surface area contributed by atoms with Gasteiger partial charge in [-0.3, -0.25) is 4.90 Å². The second kappa shape index (κ2) is 7.34. The second-order valence-electron chi connectivity index (χ2n) is 5.71. The highest BCUT2D eigenvalue weighted by Gasteiger charge is 2.33. The molecule has 3 nitrogen and oxygen atoms in total. The molecule has 1 aliphatic rings. The Kier molecular flexibility index (Phi) is 6.45. The fourth-order valence-corrected chi connectivity index (χ4v) is 2.52. The molecule has 102 valence electrons. The molecular formula is C14H30N2O.